The summed E-state index contributed by atoms with van der Waals surface area (Å²) in [6.45, 7) is 2.48. The van der Waals surface area contributed by atoms with E-state index in [1.54, 1.807) is 4.90 Å². The van der Waals surface area contributed by atoms with Crippen LogP contribution < -0.4 is 5.32 Å². The second kappa shape index (κ2) is 3.73. The Balaban J connectivity index is 1.63. The van der Waals surface area contributed by atoms with Crippen LogP contribution >= 0.6 is 0 Å². The zero-order valence-electron chi connectivity index (χ0n) is 9.32. The fraction of sp³-hybridized carbons (Fsp3) is 0.818. The van der Waals surface area contributed by atoms with E-state index in [0.717, 1.165) is 25.6 Å². The summed E-state index contributed by atoms with van der Waals surface area (Å²) in [6.07, 6.45) is 3.64. The smallest absolute Gasteiger partial charge is 0.242 e. The van der Waals surface area contributed by atoms with Crippen molar-refractivity contribution in [1.82, 2.24) is 15.1 Å². The number of likely N-dealkylation sites (tertiary alicyclic amines) is 1. The molecule has 3 aliphatic rings. The minimum atomic E-state index is -0.0236. The molecule has 0 aromatic rings. The number of nitrogens with one attached hydrogen (secondary N) is 1. The molecule has 1 N–H and O–H groups in total. The van der Waals surface area contributed by atoms with E-state index in [9.17, 15) is 9.59 Å². The normalized spacial score (nSPS) is 32.0. The lowest BCUT2D eigenvalue weighted by molar-refractivity contribution is -0.142. The van der Waals surface area contributed by atoms with E-state index in [-0.39, 0.29) is 30.9 Å². The second-order valence-corrected chi connectivity index (χ2v) is 4.97. The molecule has 5 heteroatoms. The Labute approximate surface area is 94.8 Å². The van der Waals surface area contributed by atoms with Crippen molar-refractivity contribution >= 4 is 11.8 Å². The molecule has 0 bridgehead atoms. The molecule has 88 valence electrons. The molecular formula is C11H17N3O2. The molecule has 2 aliphatic heterocycles. The van der Waals surface area contributed by atoms with Gasteiger partial charge in [0.05, 0.1) is 13.1 Å². The Morgan fingerprint density at radius 1 is 1.12 bits per heavy atom. The van der Waals surface area contributed by atoms with Gasteiger partial charge in [0.2, 0.25) is 11.8 Å². The lowest BCUT2D eigenvalue weighted by atomic mass is 10.2. The molecule has 3 fully saturated rings. The summed E-state index contributed by atoms with van der Waals surface area (Å²) in [7, 11) is 0. The molecule has 0 spiro atoms. The van der Waals surface area contributed by atoms with Gasteiger partial charge in [0, 0.05) is 25.2 Å². The molecule has 0 radical (unpaired) electrons. The van der Waals surface area contributed by atoms with Crippen LogP contribution in [0.5, 0.6) is 0 Å². The molecule has 0 aromatic carbocycles. The van der Waals surface area contributed by atoms with E-state index >= 15 is 0 Å². The van der Waals surface area contributed by atoms with Gasteiger partial charge in [-0.15, -0.1) is 0 Å². The minimum Gasteiger partial charge on any atom is -0.345 e. The van der Waals surface area contributed by atoms with Crippen molar-refractivity contribution in [2.75, 3.05) is 26.2 Å². The molecule has 1 atom stereocenters. The SMILES string of the molecule is O=C1CN(C2CCN(C3CC3)C2)C(=O)CN1. The number of carbonyl (C=O) groups is 2. The van der Waals surface area contributed by atoms with E-state index in [1.165, 1.54) is 12.8 Å². The van der Waals surface area contributed by atoms with E-state index < -0.39 is 0 Å². The third kappa shape index (κ3) is 1.80. The summed E-state index contributed by atoms with van der Waals surface area (Å²) in [6, 6.07) is 1.03. The Morgan fingerprint density at radius 3 is 2.69 bits per heavy atom. The van der Waals surface area contributed by atoms with Gasteiger partial charge in [0.25, 0.3) is 0 Å². The van der Waals surface area contributed by atoms with Crippen LogP contribution in [-0.2, 0) is 9.59 Å². The van der Waals surface area contributed by atoms with Crippen molar-refractivity contribution in [1.29, 1.82) is 0 Å². The predicted molar refractivity (Wildman–Crippen MR) is 57.7 cm³/mol. The van der Waals surface area contributed by atoms with Crippen LogP contribution in [0.1, 0.15) is 19.3 Å². The molecule has 2 saturated heterocycles. The van der Waals surface area contributed by atoms with Crippen LogP contribution in [0, 0.1) is 0 Å². The molecule has 0 aromatic heterocycles. The van der Waals surface area contributed by atoms with Gasteiger partial charge in [-0.3, -0.25) is 14.5 Å². The van der Waals surface area contributed by atoms with Gasteiger partial charge in [-0.05, 0) is 19.3 Å². The van der Waals surface area contributed by atoms with Crippen molar-refractivity contribution in [3.05, 3.63) is 0 Å². The van der Waals surface area contributed by atoms with E-state index in [0.29, 0.717) is 0 Å². The van der Waals surface area contributed by atoms with Gasteiger partial charge < -0.3 is 10.2 Å². The number of piperazine rings is 1. The summed E-state index contributed by atoms with van der Waals surface area (Å²) in [5.74, 6) is 0.0479. The summed E-state index contributed by atoms with van der Waals surface area (Å²) < 4.78 is 0. The van der Waals surface area contributed by atoms with E-state index in [4.69, 9.17) is 0 Å². The van der Waals surface area contributed by atoms with Gasteiger partial charge in [0.15, 0.2) is 0 Å². The van der Waals surface area contributed by atoms with Gasteiger partial charge in [-0.1, -0.05) is 0 Å². The standard InChI is InChI=1S/C11H17N3O2/c15-10-7-14(11(16)5-12-10)9-3-4-13(6-9)8-1-2-8/h8-9H,1-7H2,(H,12,15). The maximum absolute atomic E-state index is 11.7. The fourth-order valence-corrected chi connectivity index (χ4v) is 2.70. The third-order valence-corrected chi connectivity index (χ3v) is 3.77. The molecule has 1 unspecified atom stereocenters. The first kappa shape index (κ1) is 10.1. The van der Waals surface area contributed by atoms with Crippen molar-refractivity contribution in [3.63, 3.8) is 0 Å². The van der Waals surface area contributed by atoms with Gasteiger partial charge in [0.1, 0.15) is 0 Å². The maximum Gasteiger partial charge on any atom is 0.242 e. The van der Waals surface area contributed by atoms with Gasteiger partial charge in [-0.2, -0.15) is 0 Å². The van der Waals surface area contributed by atoms with Crippen LogP contribution in [0.4, 0.5) is 0 Å². The van der Waals surface area contributed by atoms with E-state index in [1.807, 2.05) is 0 Å². The zero-order valence-corrected chi connectivity index (χ0v) is 9.32. The topological polar surface area (TPSA) is 52.7 Å². The minimum absolute atomic E-state index is 0.0236. The van der Waals surface area contributed by atoms with Crippen molar-refractivity contribution in [2.45, 2.75) is 31.3 Å². The van der Waals surface area contributed by atoms with Crippen molar-refractivity contribution < 1.29 is 9.59 Å². The maximum atomic E-state index is 11.7. The first-order chi connectivity index (χ1) is 7.74. The highest BCUT2D eigenvalue weighted by molar-refractivity contribution is 5.92. The first-order valence-electron chi connectivity index (χ1n) is 6.04. The summed E-state index contributed by atoms with van der Waals surface area (Å²) >= 11 is 0. The van der Waals surface area contributed by atoms with Crippen molar-refractivity contribution in [2.24, 2.45) is 0 Å². The van der Waals surface area contributed by atoms with Crippen LogP contribution in [0.2, 0.25) is 0 Å². The molecule has 1 saturated carbocycles. The van der Waals surface area contributed by atoms with Crippen LogP contribution in [0.15, 0.2) is 0 Å². The number of rotatable bonds is 2. The average Bonchev–Trinajstić information content (AvgIpc) is 3.01. The van der Waals surface area contributed by atoms with Crippen LogP contribution in [0.3, 0.4) is 0 Å². The highest BCUT2D eigenvalue weighted by Crippen LogP contribution is 2.31. The molecular weight excluding hydrogens is 206 g/mol. The monoisotopic (exact) mass is 223 g/mol. The molecule has 1 aliphatic carbocycles. The molecule has 3 rings (SSSR count). The molecule has 5 nitrogen and oxygen atoms in total. The van der Waals surface area contributed by atoms with Gasteiger partial charge >= 0.3 is 0 Å². The highest BCUT2D eigenvalue weighted by atomic mass is 16.2. The number of amides is 2. The summed E-state index contributed by atoms with van der Waals surface area (Å²) in [4.78, 5) is 27.2. The van der Waals surface area contributed by atoms with Crippen molar-refractivity contribution in [3.8, 4) is 0 Å². The lowest BCUT2D eigenvalue weighted by Crippen LogP contribution is -2.55. The number of carbonyl (C=O) groups excluding carboxylic acids is 2. The van der Waals surface area contributed by atoms with Crippen LogP contribution in [0.25, 0.3) is 0 Å². The quantitative estimate of drug-likeness (QED) is 0.665. The summed E-state index contributed by atoms with van der Waals surface area (Å²) in [5.41, 5.74) is 0. The number of nitrogens with zero attached hydrogens (tertiary/aromatic N) is 2. The predicted octanol–water partition coefficient (Wildman–Crippen LogP) is -0.818. The fourth-order valence-electron chi connectivity index (χ4n) is 2.70. The van der Waals surface area contributed by atoms with Gasteiger partial charge in [-0.25, -0.2) is 0 Å². The second-order valence-electron chi connectivity index (χ2n) is 4.97. The molecule has 16 heavy (non-hydrogen) atoms. The van der Waals surface area contributed by atoms with Crippen LogP contribution in [-0.4, -0.2) is 59.9 Å². The number of hydrogen-bond acceptors (Lipinski definition) is 3. The Kier molecular flexibility index (Phi) is 2.35. The van der Waals surface area contributed by atoms with E-state index in [2.05, 4.69) is 10.2 Å². The first-order valence-corrected chi connectivity index (χ1v) is 6.04. The lowest BCUT2D eigenvalue weighted by Gasteiger charge is -2.32. The Bertz CT molecular complexity index is 327. The highest BCUT2D eigenvalue weighted by Gasteiger charge is 2.39. The Morgan fingerprint density at radius 2 is 1.94 bits per heavy atom. The number of hydrogen-bond donors (Lipinski definition) is 1. The Hall–Kier alpha value is -1.10. The zero-order chi connectivity index (χ0) is 11.1. The summed E-state index contributed by atoms with van der Waals surface area (Å²) in [5, 5.41) is 2.59. The third-order valence-electron chi connectivity index (χ3n) is 3.77. The molecule has 2 amide bonds. The average molecular weight is 223 g/mol. The largest absolute Gasteiger partial charge is 0.345 e. The molecule has 2 heterocycles.